The van der Waals surface area contributed by atoms with Gasteiger partial charge in [0.1, 0.15) is 0 Å². The van der Waals surface area contributed by atoms with Gasteiger partial charge in [-0.05, 0) is 31.5 Å². The molecule has 78 valence electrons. The fourth-order valence-electron chi connectivity index (χ4n) is 1.73. The summed E-state index contributed by atoms with van der Waals surface area (Å²) in [6.07, 6.45) is 0.781. The number of aryl methyl sites for hydroxylation is 1. The molecule has 1 heterocycles. The summed E-state index contributed by atoms with van der Waals surface area (Å²) < 4.78 is 1.01. The Balaban J connectivity index is 2.92. The van der Waals surface area contributed by atoms with Gasteiger partial charge in [0.05, 0.1) is 0 Å². The van der Waals surface area contributed by atoms with Gasteiger partial charge in [0.15, 0.2) is 5.43 Å². The first-order valence-corrected chi connectivity index (χ1v) is 6.04. The second kappa shape index (κ2) is 3.95. The third-order valence-electron chi connectivity index (χ3n) is 2.50. The lowest BCUT2D eigenvalue weighted by molar-refractivity contribution is 1.11. The van der Waals surface area contributed by atoms with Crippen molar-refractivity contribution in [3.05, 3.63) is 43.9 Å². The third kappa shape index (κ3) is 1.80. The molecule has 0 fully saturated rings. The van der Waals surface area contributed by atoms with Crippen LogP contribution in [0.2, 0.25) is 5.02 Å². The normalized spacial score (nSPS) is 10.9. The highest BCUT2D eigenvalue weighted by molar-refractivity contribution is 7.18. The van der Waals surface area contributed by atoms with Crippen molar-refractivity contribution < 1.29 is 0 Å². The van der Waals surface area contributed by atoms with Crippen molar-refractivity contribution in [1.82, 2.24) is 0 Å². The molecule has 3 heteroatoms. The molecule has 2 aromatic rings. The standard InChI is InChI=1S/C12H11ClOS/c1-3-9-7(2)15-11-5-4-8(13)6-10(11)12(9)14/h4-6H,3H2,1-2H3. The second-order valence-electron chi connectivity index (χ2n) is 3.46. The molecule has 0 amide bonds. The average Bonchev–Trinajstić information content (AvgIpc) is 2.20. The van der Waals surface area contributed by atoms with Crippen molar-refractivity contribution in [3.63, 3.8) is 0 Å². The van der Waals surface area contributed by atoms with Gasteiger partial charge in [-0.2, -0.15) is 0 Å². The molecule has 0 bridgehead atoms. The van der Waals surface area contributed by atoms with Crippen LogP contribution in [-0.2, 0) is 6.42 Å². The lowest BCUT2D eigenvalue weighted by Gasteiger charge is -2.04. The minimum Gasteiger partial charge on any atom is -0.289 e. The van der Waals surface area contributed by atoms with E-state index in [9.17, 15) is 4.79 Å². The van der Waals surface area contributed by atoms with Gasteiger partial charge >= 0.3 is 0 Å². The minimum absolute atomic E-state index is 0.131. The summed E-state index contributed by atoms with van der Waals surface area (Å²) in [6, 6.07) is 5.50. The van der Waals surface area contributed by atoms with Gasteiger partial charge in [0.2, 0.25) is 0 Å². The molecule has 15 heavy (non-hydrogen) atoms. The quantitative estimate of drug-likeness (QED) is 0.739. The zero-order valence-corrected chi connectivity index (χ0v) is 10.2. The Bertz CT molecular complexity index is 572. The molecular weight excluding hydrogens is 228 g/mol. The maximum atomic E-state index is 12.1. The van der Waals surface area contributed by atoms with Crippen LogP contribution in [0.15, 0.2) is 23.0 Å². The first-order valence-electron chi connectivity index (χ1n) is 4.85. The van der Waals surface area contributed by atoms with E-state index in [4.69, 9.17) is 11.6 Å². The molecule has 0 N–H and O–H groups in total. The van der Waals surface area contributed by atoms with Crippen LogP contribution in [-0.4, -0.2) is 0 Å². The van der Waals surface area contributed by atoms with E-state index in [0.29, 0.717) is 5.02 Å². The number of hydrogen-bond acceptors (Lipinski definition) is 2. The maximum absolute atomic E-state index is 12.1. The first kappa shape index (κ1) is 10.7. The molecular formula is C12H11ClOS. The van der Waals surface area contributed by atoms with Crippen LogP contribution in [0, 0.1) is 6.92 Å². The maximum Gasteiger partial charge on any atom is 0.191 e. The predicted molar refractivity (Wildman–Crippen MR) is 67.2 cm³/mol. The van der Waals surface area contributed by atoms with Crippen LogP contribution in [0.4, 0.5) is 0 Å². The Morgan fingerprint density at radius 1 is 1.40 bits per heavy atom. The highest BCUT2D eigenvalue weighted by atomic mass is 35.5. The van der Waals surface area contributed by atoms with Crippen molar-refractivity contribution >= 4 is 33.0 Å². The summed E-state index contributed by atoms with van der Waals surface area (Å²) in [5.41, 5.74) is 1.04. The summed E-state index contributed by atoms with van der Waals surface area (Å²) in [6.45, 7) is 4.01. The third-order valence-corrected chi connectivity index (χ3v) is 3.87. The van der Waals surface area contributed by atoms with Crippen LogP contribution in [0.3, 0.4) is 0 Å². The molecule has 2 rings (SSSR count). The van der Waals surface area contributed by atoms with Crippen molar-refractivity contribution in [1.29, 1.82) is 0 Å². The van der Waals surface area contributed by atoms with Gasteiger partial charge in [-0.25, -0.2) is 0 Å². The summed E-state index contributed by atoms with van der Waals surface area (Å²) in [7, 11) is 0. The Labute approximate surface area is 97.3 Å². The van der Waals surface area contributed by atoms with Gasteiger partial charge in [-0.3, -0.25) is 4.79 Å². The van der Waals surface area contributed by atoms with Gasteiger partial charge < -0.3 is 0 Å². The molecule has 0 saturated heterocycles. The van der Waals surface area contributed by atoms with Gasteiger partial charge in [0.25, 0.3) is 0 Å². The summed E-state index contributed by atoms with van der Waals surface area (Å²) in [4.78, 5) is 13.2. The van der Waals surface area contributed by atoms with E-state index in [2.05, 4.69) is 0 Å². The van der Waals surface area contributed by atoms with E-state index < -0.39 is 0 Å². The largest absolute Gasteiger partial charge is 0.289 e. The molecule has 0 radical (unpaired) electrons. The molecule has 0 atom stereocenters. The van der Waals surface area contributed by atoms with E-state index in [1.54, 1.807) is 17.4 Å². The fraction of sp³-hybridized carbons (Fsp3) is 0.250. The molecule has 0 saturated carbocycles. The Morgan fingerprint density at radius 2 is 2.13 bits per heavy atom. The summed E-state index contributed by atoms with van der Waals surface area (Å²) in [5, 5.41) is 1.37. The summed E-state index contributed by atoms with van der Waals surface area (Å²) in [5.74, 6) is 0. The number of rotatable bonds is 1. The van der Waals surface area contributed by atoms with Crippen molar-refractivity contribution in [2.75, 3.05) is 0 Å². The number of hydrogen-bond donors (Lipinski definition) is 0. The lowest BCUT2D eigenvalue weighted by atomic mass is 10.1. The van der Waals surface area contributed by atoms with Crippen LogP contribution in [0.5, 0.6) is 0 Å². The monoisotopic (exact) mass is 238 g/mol. The van der Waals surface area contributed by atoms with Crippen LogP contribution < -0.4 is 5.43 Å². The Morgan fingerprint density at radius 3 is 2.80 bits per heavy atom. The first-order chi connectivity index (χ1) is 7.13. The fourth-order valence-corrected chi connectivity index (χ4v) is 2.99. The predicted octanol–water partition coefficient (Wildman–Crippen LogP) is 3.79. The molecule has 0 aliphatic rings. The van der Waals surface area contributed by atoms with Crippen molar-refractivity contribution in [2.24, 2.45) is 0 Å². The molecule has 0 aliphatic carbocycles. The second-order valence-corrected chi connectivity index (χ2v) is 5.15. The van der Waals surface area contributed by atoms with Gasteiger partial charge in [-0.1, -0.05) is 18.5 Å². The summed E-state index contributed by atoms with van der Waals surface area (Å²) >= 11 is 7.55. The van der Waals surface area contributed by atoms with Gasteiger partial charge in [0, 0.05) is 25.5 Å². The molecule has 1 nitrogen and oxygen atoms in total. The SMILES string of the molecule is CCc1c(C)sc2ccc(Cl)cc2c1=O. The van der Waals surface area contributed by atoms with E-state index in [-0.39, 0.29) is 5.43 Å². The van der Waals surface area contributed by atoms with E-state index >= 15 is 0 Å². The smallest absolute Gasteiger partial charge is 0.191 e. The molecule has 0 aliphatic heterocycles. The number of benzene rings is 1. The van der Waals surface area contributed by atoms with Crippen LogP contribution in [0.1, 0.15) is 17.4 Å². The van der Waals surface area contributed by atoms with Crippen LogP contribution >= 0.6 is 22.9 Å². The number of halogens is 1. The molecule has 1 aromatic carbocycles. The molecule has 0 unspecified atom stereocenters. The van der Waals surface area contributed by atoms with E-state index in [0.717, 1.165) is 26.9 Å². The minimum atomic E-state index is 0.131. The Hall–Kier alpha value is -0.860. The van der Waals surface area contributed by atoms with Crippen molar-refractivity contribution in [3.8, 4) is 0 Å². The highest BCUT2D eigenvalue weighted by Crippen LogP contribution is 2.24. The molecule has 1 aromatic heterocycles. The topological polar surface area (TPSA) is 17.1 Å². The van der Waals surface area contributed by atoms with E-state index in [1.807, 2.05) is 26.0 Å². The zero-order valence-electron chi connectivity index (χ0n) is 8.63. The lowest BCUT2D eigenvalue weighted by Crippen LogP contribution is -2.09. The van der Waals surface area contributed by atoms with E-state index in [1.165, 1.54) is 0 Å². The van der Waals surface area contributed by atoms with Crippen LogP contribution in [0.25, 0.3) is 10.1 Å². The zero-order chi connectivity index (χ0) is 11.0. The van der Waals surface area contributed by atoms with Gasteiger partial charge in [-0.15, -0.1) is 11.3 Å². The average molecular weight is 239 g/mol. The Kier molecular flexibility index (Phi) is 2.81. The molecule has 0 spiro atoms. The highest BCUT2D eigenvalue weighted by Gasteiger charge is 2.08. The van der Waals surface area contributed by atoms with Crippen molar-refractivity contribution in [2.45, 2.75) is 20.3 Å². The number of fused-ring (bicyclic) bond motifs is 1.